The van der Waals surface area contributed by atoms with Gasteiger partial charge in [0.2, 0.25) is 5.88 Å². The molecule has 0 spiro atoms. The Hall–Kier alpha value is -1.02. The van der Waals surface area contributed by atoms with Gasteiger partial charge in [-0.1, -0.05) is 28.1 Å². The second kappa shape index (κ2) is 7.68. The van der Waals surface area contributed by atoms with Crippen LogP contribution in [0.1, 0.15) is 18.5 Å². The summed E-state index contributed by atoms with van der Waals surface area (Å²) in [5.41, 5.74) is 1.17. The molecule has 2 rings (SSSR count). The Morgan fingerprint density at radius 3 is 2.80 bits per heavy atom. The third kappa shape index (κ3) is 4.82. The fourth-order valence-corrected chi connectivity index (χ4v) is 2.27. The van der Waals surface area contributed by atoms with Gasteiger partial charge in [-0.2, -0.15) is 4.37 Å². The molecule has 0 bridgehead atoms. The largest absolute Gasteiger partial charge is 0.473 e. The van der Waals surface area contributed by atoms with E-state index >= 15 is 0 Å². The van der Waals surface area contributed by atoms with Crippen molar-refractivity contribution in [2.45, 2.75) is 19.1 Å². The number of hydrogen-bond acceptors (Lipinski definition) is 6. The van der Waals surface area contributed by atoms with Gasteiger partial charge in [-0.25, -0.2) is 0 Å². The molecule has 0 aliphatic heterocycles. The third-order valence-electron chi connectivity index (χ3n) is 2.79. The van der Waals surface area contributed by atoms with Gasteiger partial charge in [-0.05, 0) is 24.6 Å². The monoisotopic (exact) mass is 357 g/mol. The maximum Gasteiger partial charge on any atom is 0.245 e. The standard InChI is InChI=1S/C13H16BrN3O2S/c1-9(10-2-4-11(14)5-3-10)15-6-12(18)8-19-13-7-16-20-17-13/h2-5,7,9,12,15,18H,6,8H2,1H3/t9-,12?/m0/s1. The third-order valence-corrected chi connectivity index (χ3v) is 3.78. The molecule has 2 atom stereocenters. The minimum atomic E-state index is -0.588. The van der Waals surface area contributed by atoms with Crippen LogP contribution in [0, 0.1) is 0 Å². The van der Waals surface area contributed by atoms with E-state index in [9.17, 15) is 5.11 Å². The van der Waals surface area contributed by atoms with Crippen LogP contribution >= 0.6 is 27.7 Å². The number of nitrogens with one attached hydrogen (secondary N) is 1. The molecular formula is C13H16BrN3O2S. The molecule has 7 heteroatoms. The highest BCUT2D eigenvalue weighted by molar-refractivity contribution is 9.10. The number of aromatic nitrogens is 2. The number of hydrogen-bond donors (Lipinski definition) is 2. The van der Waals surface area contributed by atoms with Gasteiger partial charge in [0.15, 0.2) is 0 Å². The van der Waals surface area contributed by atoms with E-state index in [4.69, 9.17) is 4.74 Å². The molecule has 1 unspecified atom stereocenters. The topological polar surface area (TPSA) is 67.3 Å². The molecule has 108 valence electrons. The predicted molar refractivity (Wildman–Crippen MR) is 82.0 cm³/mol. The lowest BCUT2D eigenvalue weighted by Crippen LogP contribution is -2.33. The summed E-state index contributed by atoms with van der Waals surface area (Å²) in [6, 6.07) is 8.26. The van der Waals surface area contributed by atoms with Crippen LogP contribution in [0.4, 0.5) is 0 Å². The first-order valence-corrected chi connectivity index (χ1v) is 7.75. The lowest BCUT2D eigenvalue weighted by molar-refractivity contribution is 0.102. The van der Waals surface area contributed by atoms with Crippen molar-refractivity contribution in [1.29, 1.82) is 0 Å². The molecule has 2 aromatic rings. The van der Waals surface area contributed by atoms with Crippen molar-refractivity contribution in [3.05, 3.63) is 40.5 Å². The Morgan fingerprint density at radius 2 is 2.15 bits per heavy atom. The van der Waals surface area contributed by atoms with E-state index in [1.165, 1.54) is 11.8 Å². The lowest BCUT2D eigenvalue weighted by Gasteiger charge is -2.17. The molecule has 0 radical (unpaired) electrons. The normalized spacial score (nSPS) is 13.9. The Labute approximate surface area is 130 Å². The second-order valence-electron chi connectivity index (χ2n) is 4.39. The van der Waals surface area contributed by atoms with E-state index < -0.39 is 6.10 Å². The first-order chi connectivity index (χ1) is 9.65. The fraction of sp³-hybridized carbons (Fsp3) is 0.385. The van der Waals surface area contributed by atoms with E-state index in [1.54, 1.807) is 0 Å². The summed E-state index contributed by atoms with van der Waals surface area (Å²) >= 11 is 4.49. The van der Waals surface area contributed by atoms with E-state index in [2.05, 4.69) is 36.9 Å². The van der Waals surface area contributed by atoms with Crippen LogP contribution in [-0.4, -0.2) is 33.1 Å². The van der Waals surface area contributed by atoms with Gasteiger partial charge in [0.05, 0.1) is 11.7 Å². The number of aliphatic hydroxyl groups excluding tert-OH is 1. The zero-order valence-corrected chi connectivity index (χ0v) is 13.4. The average Bonchev–Trinajstić information content (AvgIpc) is 2.96. The highest BCUT2D eigenvalue weighted by atomic mass is 79.9. The van der Waals surface area contributed by atoms with E-state index in [0.717, 1.165) is 16.2 Å². The number of ether oxygens (including phenoxy) is 1. The molecule has 1 aromatic carbocycles. The summed E-state index contributed by atoms with van der Waals surface area (Å²) < 4.78 is 14.1. The number of rotatable bonds is 7. The average molecular weight is 358 g/mol. The van der Waals surface area contributed by atoms with Crippen molar-refractivity contribution in [2.75, 3.05) is 13.2 Å². The lowest BCUT2D eigenvalue weighted by atomic mass is 10.1. The quantitative estimate of drug-likeness (QED) is 0.796. The highest BCUT2D eigenvalue weighted by Gasteiger charge is 2.10. The Kier molecular flexibility index (Phi) is 5.90. The number of aliphatic hydroxyl groups is 1. The van der Waals surface area contributed by atoms with E-state index in [1.807, 2.05) is 24.3 Å². The van der Waals surface area contributed by atoms with Crippen LogP contribution in [0.5, 0.6) is 5.88 Å². The summed E-state index contributed by atoms with van der Waals surface area (Å²) in [6.07, 6.45) is 0.949. The van der Waals surface area contributed by atoms with Gasteiger partial charge >= 0.3 is 0 Å². The molecule has 5 nitrogen and oxygen atoms in total. The summed E-state index contributed by atoms with van der Waals surface area (Å²) in [5, 5.41) is 13.1. The Bertz CT molecular complexity index is 507. The fourth-order valence-electron chi connectivity index (χ4n) is 1.64. The molecule has 1 aromatic heterocycles. The Morgan fingerprint density at radius 1 is 1.40 bits per heavy atom. The molecule has 20 heavy (non-hydrogen) atoms. The van der Waals surface area contributed by atoms with Crippen LogP contribution in [0.25, 0.3) is 0 Å². The minimum Gasteiger partial charge on any atom is -0.473 e. The zero-order chi connectivity index (χ0) is 14.4. The maximum atomic E-state index is 9.85. The number of benzene rings is 1. The summed E-state index contributed by atoms with van der Waals surface area (Å²) in [4.78, 5) is 0. The van der Waals surface area contributed by atoms with Crippen molar-refractivity contribution in [3.8, 4) is 5.88 Å². The number of halogens is 1. The summed E-state index contributed by atoms with van der Waals surface area (Å²) in [5.74, 6) is 0.454. The smallest absolute Gasteiger partial charge is 0.245 e. The number of nitrogens with zero attached hydrogens (tertiary/aromatic N) is 2. The van der Waals surface area contributed by atoms with Crippen molar-refractivity contribution in [1.82, 2.24) is 14.1 Å². The van der Waals surface area contributed by atoms with Crippen LogP contribution in [-0.2, 0) is 0 Å². The van der Waals surface area contributed by atoms with E-state index in [0.29, 0.717) is 12.4 Å². The molecule has 0 fully saturated rings. The molecule has 1 heterocycles. The maximum absolute atomic E-state index is 9.85. The highest BCUT2D eigenvalue weighted by Crippen LogP contribution is 2.16. The molecule has 0 amide bonds. The van der Waals surface area contributed by atoms with Gasteiger partial charge in [-0.3, -0.25) is 0 Å². The van der Waals surface area contributed by atoms with Crippen molar-refractivity contribution < 1.29 is 9.84 Å². The van der Waals surface area contributed by atoms with Gasteiger partial charge in [-0.15, -0.1) is 4.37 Å². The molecule has 0 saturated carbocycles. The van der Waals surface area contributed by atoms with Gasteiger partial charge in [0.1, 0.15) is 18.9 Å². The summed E-state index contributed by atoms with van der Waals surface area (Å²) in [7, 11) is 0. The van der Waals surface area contributed by atoms with Gasteiger partial charge in [0.25, 0.3) is 0 Å². The molecule has 0 aliphatic rings. The van der Waals surface area contributed by atoms with Gasteiger partial charge in [0, 0.05) is 17.1 Å². The van der Waals surface area contributed by atoms with Crippen LogP contribution in [0.15, 0.2) is 34.9 Å². The zero-order valence-electron chi connectivity index (χ0n) is 11.0. The molecule has 2 N–H and O–H groups in total. The van der Waals surface area contributed by atoms with Gasteiger partial charge < -0.3 is 15.2 Å². The molecule has 0 saturated heterocycles. The second-order valence-corrected chi connectivity index (χ2v) is 5.86. The molecule has 0 aliphatic carbocycles. The minimum absolute atomic E-state index is 0.165. The van der Waals surface area contributed by atoms with Crippen LogP contribution in [0.2, 0.25) is 0 Å². The van der Waals surface area contributed by atoms with E-state index in [-0.39, 0.29) is 12.6 Å². The summed E-state index contributed by atoms with van der Waals surface area (Å²) in [6.45, 7) is 2.71. The van der Waals surface area contributed by atoms with Crippen LogP contribution < -0.4 is 10.1 Å². The Balaban J connectivity index is 1.72. The molecular weight excluding hydrogens is 342 g/mol. The first-order valence-electron chi connectivity index (χ1n) is 6.22. The first kappa shape index (κ1) is 15.4. The van der Waals surface area contributed by atoms with Crippen molar-refractivity contribution in [2.24, 2.45) is 0 Å². The SMILES string of the molecule is C[C@H](NCC(O)COc1cnsn1)c1ccc(Br)cc1. The predicted octanol–water partition coefficient (Wildman–Crippen LogP) is 2.39. The van der Waals surface area contributed by atoms with Crippen LogP contribution in [0.3, 0.4) is 0 Å². The van der Waals surface area contributed by atoms with Crippen molar-refractivity contribution >= 4 is 27.7 Å². The van der Waals surface area contributed by atoms with Crippen molar-refractivity contribution in [3.63, 3.8) is 0 Å².